The second-order valence-electron chi connectivity index (χ2n) is 3.88. The van der Waals surface area contributed by atoms with Gasteiger partial charge in [0.2, 0.25) is 0 Å². The first kappa shape index (κ1) is 14.4. The first-order chi connectivity index (χ1) is 7.88. The Labute approximate surface area is 106 Å². The summed E-state index contributed by atoms with van der Waals surface area (Å²) in [4.78, 5) is 2.47. The molecule has 0 radical (unpaired) electrons. The van der Waals surface area contributed by atoms with Crippen LogP contribution in [0.25, 0.3) is 0 Å². The topological polar surface area (TPSA) is 30.9 Å². The van der Waals surface area contributed by atoms with E-state index in [0.29, 0.717) is 19.3 Å². The summed E-state index contributed by atoms with van der Waals surface area (Å²) in [5.74, 6) is 0. The average Bonchev–Trinajstić information content (AvgIpc) is 2.34. The first-order valence-electron chi connectivity index (χ1n) is 5.83. The highest BCUT2D eigenvalue weighted by Crippen LogP contribution is 2.09. The van der Waals surface area contributed by atoms with Crippen molar-refractivity contribution in [2.24, 2.45) is 0 Å². The number of hydrogen-bond donors (Lipinski definition) is 0. The van der Waals surface area contributed by atoms with Gasteiger partial charge in [0.05, 0.1) is 26.4 Å². The number of methoxy groups -OCH3 is 1. The van der Waals surface area contributed by atoms with E-state index in [1.807, 2.05) is 0 Å². The molecule has 1 aliphatic heterocycles. The molecule has 1 fully saturated rings. The van der Waals surface area contributed by atoms with Gasteiger partial charge in [-0.3, -0.25) is 4.90 Å². The maximum atomic E-state index is 5.44. The number of morpholine rings is 1. The van der Waals surface area contributed by atoms with Crippen LogP contribution in [0.3, 0.4) is 0 Å². The van der Waals surface area contributed by atoms with Crippen molar-refractivity contribution < 1.29 is 14.2 Å². The molecule has 0 spiro atoms. The molecule has 0 aromatic carbocycles. The fourth-order valence-electron chi connectivity index (χ4n) is 1.74. The third-order valence-electron chi connectivity index (χ3n) is 2.69. The van der Waals surface area contributed by atoms with Gasteiger partial charge in [-0.05, 0) is 6.42 Å². The molecule has 1 saturated heterocycles. The monoisotopic (exact) mass is 295 g/mol. The third-order valence-corrected chi connectivity index (χ3v) is 3.44. The summed E-state index contributed by atoms with van der Waals surface area (Å²) in [6.07, 6.45) is 1.08. The Bertz CT molecular complexity index is 171. The van der Waals surface area contributed by atoms with E-state index in [2.05, 4.69) is 20.8 Å². The lowest BCUT2D eigenvalue weighted by Gasteiger charge is -2.34. The van der Waals surface area contributed by atoms with E-state index in [9.17, 15) is 0 Å². The largest absolute Gasteiger partial charge is 0.382 e. The van der Waals surface area contributed by atoms with Gasteiger partial charge in [-0.1, -0.05) is 15.9 Å². The van der Waals surface area contributed by atoms with Gasteiger partial charge in [-0.2, -0.15) is 0 Å². The van der Waals surface area contributed by atoms with Gasteiger partial charge in [0, 0.05) is 38.2 Å². The summed E-state index contributed by atoms with van der Waals surface area (Å²) < 4.78 is 15.8. The van der Waals surface area contributed by atoms with Crippen molar-refractivity contribution in [2.75, 3.05) is 58.6 Å². The highest BCUT2D eigenvalue weighted by atomic mass is 79.9. The summed E-state index contributed by atoms with van der Waals surface area (Å²) in [6.45, 7) is 6.02. The second-order valence-corrected chi connectivity index (χ2v) is 4.53. The quantitative estimate of drug-likeness (QED) is 0.496. The van der Waals surface area contributed by atoms with Crippen LogP contribution in [0.5, 0.6) is 0 Å². The molecule has 0 aromatic rings. The third kappa shape index (κ3) is 5.59. The van der Waals surface area contributed by atoms with Crippen molar-refractivity contribution in [3.8, 4) is 0 Å². The number of ether oxygens (including phenoxy) is 3. The van der Waals surface area contributed by atoms with E-state index in [1.54, 1.807) is 7.11 Å². The van der Waals surface area contributed by atoms with Crippen molar-refractivity contribution in [3.63, 3.8) is 0 Å². The van der Waals surface area contributed by atoms with Crippen LogP contribution < -0.4 is 0 Å². The van der Waals surface area contributed by atoms with Crippen LogP contribution >= 0.6 is 15.9 Å². The molecule has 96 valence electrons. The van der Waals surface area contributed by atoms with E-state index >= 15 is 0 Å². The minimum absolute atomic E-state index is 0.521. The zero-order chi connectivity index (χ0) is 11.6. The zero-order valence-electron chi connectivity index (χ0n) is 9.99. The summed E-state index contributed by atoms with van der Waals surface area (Å²) >= 11 is 3.53. The number of halogens is 1. The minimum atomic E-state index is 0.521. The molecule has 1 rings (SSSR count). The summed E-state index contributed by atoms with van der Waals surface area (Å²) in [7, 11) is 1.69. The second kappa shape index (κ2) is 9.36. The lowest BCUT2D eigenvalue weighted by molar-refractivity contribution is -0.00383. The molecular weight excluding hydrogens is 274 g/mol. The number of rotatable bonds is 8. The summed E-state index contributed by atoms with van der Waals surface area (Å²) in [6, 6.07) is 0.521. The van der Waals surface area contributed by atoms with Gasteiger partial charge in [-0.15, -0.1) is 0 Å². The van der Waals surface area contributed by atoms with E-state index in [0.717, 1.165) is 44.7 Å². The Hall–Kier alpha value is 0.320. The fourth-order valence-corrected chi connectivity index (χ4v) is 2.34. The SMILES string of the molecule is COCCOCCCN1CCOCC1CBr. The lowest BCUT2D eigenvalue weighted by atomic mass is 10.2. The van der Waals surface area contributed by atoms with Crippen LogP contribution in [0.1, 0.15) is 6.42 Å². The summed E-state index contributed by atoms with van der Waals surface area (Å²) in [5.41, 5.74) is 0. The van der Waals surface area contributed by atoms with Crippen LogP contribution in [0.15, 0.2) is 0 Å². The molecule has 0 aliphatic carbocycles. The molecule has 0 saturated carbocycles. The molecule has 1 unspecified atom stereocenters. The maximum absolute atomic E-state index is 5.44. The molecule has 0 N–H and O–H groups in total. The molecule has 0 aromatic heterocycles. The van der Waals surface area contributed by atoms with Crippen molar-refractivity contribution in [1.82, 2.24) is 4.90 Å². The van der Waals surface area contributed by atoms with Crippen LogP contribution in [-0.2, 0) is 14.2 Å². The van der Waals surface area contributed by atoms with Gasteiger partial charge < -0.3 is 14.2 Å². The molecule has 5 heteroatoms. The van der Waals surface area contributed by atoms with E-state index in [-0.39, 0.29) is 0 Å². The van der Waals surface area contributed by atoms with Gasteiger partial charge >= 0.3 is 0 Å². The zero-order valence-corrected chi connectivity index (χ0v) is 11.6. The van der Waals surface area contributed by atoms with Crippen molar-refractivity contribution in [3.05, 3.63) is 0 Å². The van der Waals surface area contributed by atoms with Gasteiger partial charge in [0.25, 0.3) is 0 Å². The average molecular weight is 296 g/mol. The van der Waals surface area contributed by atoms with Crippen molar-refractivity contribution in [1.29, 1.82) is 0 Å². The van der Waals surface area contributed by atoms with Crippen LogP contribution in [0, 0.1) is 0 Å². The Balaban J connectivity index is 2.02. The molecule has 1 heterocycles. The first-order valence-corrected chi connectivity index (χ1v) is 6.95. The van der Waals surface area contributed by atoms with Crippen LogP contribution in [-0.4, -0.2) is 69.5 Å². The highest BCUT2D eigenvalue weighted by Gasteiger charge is 2.20. The van der Waals surface area contributed by atoms with E-state index < -0.39 is 0 Å². The van der Waals surface area contributed by atoms with Crippen molar-refractivity contribution >= 4 is 15.9 Å². The van der Waals surface area contributed by atoms with Gasteiger partial charge in [-0.25, -0.2) is 0 Å². The molecule has 4 nitrogen and oxygen atoms in total. The Morgan fingerprint density at radius 2 is 2.25 bits per heavy atom. The molecular formula is C11H22BrNO3. The predicted molar refractivity (Wildman–Crippen MR) is 67.3 cm³/mol. The van der Waals surface area contributed by atoms with E-state index in [1.165, 1.54) is 0 Å². The van der Waals surface area contributed by atoms with Crippen LogP contribution in [0.2, 0.25) is 0 Å². The molecule has 16 heavy (non-hydrogen) atoms. The predicted octanol–water partition coefficient (Wildman–Crippen LogP) is 1.14. The maximum Gasteiger partial charge on any atom is 0.0700 e. The minimum Gasteiger partial charge on any atom is -0.382 e. The van der Waals surface area contributed by atoms with Crippen molar-refractivity contribution in [2.45, 2.75) is 12.5 Å². The molecule has 1 atom stereocenters. The standard InChI is InChI=1S/C11H22BrNO3/c1-14-7-8-15-5-2-3-13-4-6-16-10-11(13)9-12/h11H,2-10H2,1H3. The normalized spacial score (nSPS) is 22.5. The fraction of sp³-hybridized carbons (Fsp3) is 1.00. The Morgan fingerprint density at radius 3 is 3.00 bits per heavy atom. The smallest absolute Gasteiger partial charge is 0.0700 e. The number of nitrogens with zero attached hydrogens (tertiary/aromatic N) is 1. The highest BCUT2D eigenvalue weighted by molar-refractivity contribution is 9.09. The lowest BCUT2D eigenvalue weighted by Crippen LogP contribution is -2.46. The van der Waals surface area contributed by atoms with Gasteiger partial charge in [0.1, 0.15) is 0 Å². The molecule has 1 aliphatic rings. The molecule has 0 amide bonds. The number of alkyl halides is 1. The van der Waals surface area contributed by atoms with Crippen LogP contribution in [0.4, 0.5) is 0 Å². The molecule has 0 bridgehead atoms. The number of hydrogen-bond acceptors (Lipinski definition) is 4. The Kier molecular flexibility index (Phi) is 8.41. The van der Waals surface area contributed by atoms with E-state index in [4.69, 9.17) is 14.2 Å². The summed E-state index contributed by atoms with van der Waals surface area (Å²) in [5, 5.41) is 0.984. The Morgan fingerprint density at radius 1 is 1.38 bits per heavy atom. The van der Waals surface area contributed by atoms with Gasteiger partial charge in [0.15, 0.2) is 0 Å².